The van der Waals surface area contributed by atoms with Crippen LogP contribution in [0.4, 0.5) is 0 Å². The molecule has 114 valence electrons. The van der Waals surface area contributed by atoms with Crippen LogP contribution in [0.5, 0.6) is 0 Å². The summed E-state index contributed by atoms with van der Waals surface area (Å²) in [7, 11) is -2.88. The average molecular weight is 290 g/mol. The standard InChI is InChI=1S/C14H30N2O2S/c1-11(2)8-13-9-15-14(12(3)4)10-16(13)6-7-19(5,17)18/h11-15H,6-10H2,1-5H3. The minimum absolute atomic E-state index is 0.270. The molecule has 0 aromatic carbocycles. The first-order chi connectivity index (χ1) is 8.69. The zero-order valence-electron chi connectivity index (χ0n) is 13.0. The van der Waals surface area contributed by atoms with E-state index in [1.807, 2.05) is 0 Å². The molecule has 0 bridgehead atoms. The Hall–Kier alpha value is -0.130. The van der Waals surface area contributed by atoms with Crippen LogP contribution < -0.4 is 5.32 Å². The second-order valence-corrected chi connectivity index (χ2v) is 8.93. The molecule has 5 heteroatoms. The van der Waals surface area contributed by atoms with Crippen LogP contribution in [0.3, 0.4) is 0 Å². The highest BCUT2D eigenvalue weighted by molar-refractivity contribution is 7.90. The lowest BCUT2D eigenvalue weighted by molar-refractivity contribution is 0.106. The van der Waals surface area contributed by atoms with Gasteiger partial charge < -0.3 is 5.32 Å². The van der Waals surface area contributed by atoms with E-state index in [4.69, 9.17) is 0 Å². The van der Waals surface area contributed by atoms with Gasteiger partial charge in [0.1, 0.15) is 9.84 Å². The molecule has 2 atom stereocenters. The van der Waals surface area contributed by atoms with Crippen LogP contribution in [0.2, 0.25) is 0 Å². The van der Waals surface area contributed by atoms with Crippen LogP contribution in [0.15, 0.2) is 0 Å². The normalized spacial score (nSPS) is 26.3. The fraction of sp³-hybridized carbons (Fsp3) is 1.00. The summed E-state index contributed by atoms with van der Waals surface area (Å²) < 4.78 is 22.8. The van der Waals surface area contributed by atoms with Crippen molar-refractivity contribution < 1.29 is 8.42 Å². The number of sulfone groups is 1. The summed E-state index contributed by atoms with van der Waals surface area (Å²) >= 11 is 0. The smallest absolute Gasteiger partial charge is 0.148 e. The second-order valence-electron chi connectivity index (χ2n) is 6.67. The summed E-state index contributed by atoms with van der Waals surface area (Å²) in [5.41, 5.74) is 0. The Morgan fingerprint density at radius 2 is 1.89 bits per heavy atom. The van der Waals surface area contributed by atoms with Crippen molar-refractivity contribution in [2.24, 2.45) is 11.8 Å². The van der Waals surface area contributed by atoms with Gasteiger partial charge in [0.05, 0.1) is 5.75 Å². The van der Waals surface area contributed by atoms with Gasteiger partial charge in [-0.2, -0.15) is 0 Å². The Kier molecular flexibility index (Phi) is 6.27. The monoisotopic (exact) mass is 290 g/mol. The summed E-state index contributed by atoms with van der Waals surface area (Å²) in [6.45, 7) is 11.5. The van der Waals surface area contributed by atoms with Crippen molar-refractivity contribution in [2.75, 3.05) is 31.6 Å². The van der Waals surface area contributed by atoms with Gasteiger partial charge in [0.15, 0.2) is 0 Å². The quantitative estimate of drug-likeness (QED) is 0.803. The lowest BCUT2D eigenvalue weighted by Gasteiger charge is -2.42. The highest BCUT2D eigenvalue weighted by Gasteiger charge is 2.29. The van der Waals surface area contributed by atoms with Crippen molar-refractivity contribution in [1.29, 1.82) is 0 Å². The SMILES string of the molecule is CC(C)CC1CNC(C(C)C)CN1CCS(C)(=O)=O. The molecule has 2 unspecified atom stereocenters. The second kappa shape index (κ2) is 7.04. The molecule has 4 nitrogen and oxygen atoms in total. The number of rotatable bonds is 6. The van der Waals surface area contributed by atoms with Crippen LogP contribution in [0, 0.1) is 11.8 Å². The molecule has 1 heterocycles. The molecular formula is C14H30N2O2S. The van der Waals surface area contributed by atoms with Gasteiger partial charge in [-0.05, 0) is 18.3 Å². The van der Waals surface area contributed by atoms with Crippen molar-refractivity contribution in [3.63, 3.8) is 0 Å². The third-order valence-corrected chi connectivity index (χ3v) is 4.78. The summed E-state index contributed by atoms with van der Waals surface area (Å²) in [5.74, 6) is 1.50. The molecule has 0 aromatic rings. The Morgan fingerprint density at radius 1 is 1.26 bits per heavy atom. The average Bonchev–Trinajstić information content (AvgIpc) is 2.25. The fourth-order valence-electron chi connectivity index (χ4n) is 2.66. The first-order valence-corrected chi connectivity index (χ1v) is 9.40. The Bertz CT molecular complexity index is 366. The van der Waals surface area contributed by atoms with Gasteiger partial charge in [-0.15, -0.1) is 0 Å². The molecule has 1 rings (SSSR count). The van der Waals surface area contributed by atoms with E-state index in [2.05, 4.69) is 37.9 Å². The van der Waals surface area contributed by atoms with E-state index >= 15 is 0 Å². The first-order valence-electron chi connectivity index (χ1n) is 7.34. The highest BCUT2D eigenvalue weighted by Crippen LogP contribution is 2.18. The summed E-state index contributed by atoms with van der Waals surface area (Å²) in [6, 6.07) is 0.944. The molecule has 0 radical (unpaired) electrons. The van der Waals surface area contributed by atoms with Crippen LogP contribution >= 0.6 is 0 Å². The van der Waals surface area contributed by atoms with Gasteiger partial charge in [0.25, 0.3) is 0 Å². The maximum atomic E-state index is 11.4. The van der Waals surface area contributed by atoms with E-state index in [1.165, 1.54) is 6.26 Å². The Morgan fingerprint density at radius 3 is 2.37 bits per heavy atom. The Balaban J connectivity index is 2.65. The third-order valence-electron chi connectivity index (χ3n) is 3.86. The lowest BCUT2D eigenvalue weighted by atomic mass is 9.95. The molecule has 1 fully saturated rings. The van der Waals surface area contributed by atoms with Gasteiger partial charge in [-0.25, -0.2) is 8.42 Å². The Labute approximate surface area is 118 Å². The van der Waals surface area contributed by atoms with Crippen molar-refractivity contribution in [3.8, 4) is 0 Å². The predicted octanol–water partition coefficient (Wildman–Crippen LogP) is 1.38. The van der Waals surface area contributed by atoms with E-state index in [9.17, 15) is 8.42 Å². The maximum absolute atomic E-state index is 11.4. The van der Waals surface area contributed by atoms with Crippen LogP contribution in [-0.4, -0.2) is 57.0 Å². The van der Waals surface area contributed by atoms with Crippen LogP contribution in [-0.2, 0) is 9.84 Å². The number of hydrogen-bond acceptors (Lipinski definition) is 4. The van der Waals surface area contributed by atoms with Crippen molar-refractivity contribution in [1.82, 2.24) is 10.2 Å². The lowest BCUT2D eigenvalue weighted by Crippen LogP contribution is -2.59. The number of piperazine rings is 1. The minimum atomic E-state index is -2.88. The van der Waals surface area contributed by atoms with Crippen LogP contribution in [0.25, 0.3) is 0 Å². The molecule has 0 spiro atoms. The molecule has 0 amide bonds. The van der Waals surface area contributed by atoms with Gasteiger partial charge in [0.2, 0.25) is 0 Å². The minimum Gasteiger partial charge on any atom is -0.311 e. The van der Waals surface area contributed by atoms with E-state index in [1.54, 1.807) is 0 Å². The first kappa shape index (κ1) is 16.9. The molecule has 0 aromatic heterocycles. The topological polar surface area (TPSA) is 49.4 Å². The summed E-state index contributed by atoms with van der Waals surface area (Å²) in [5, 5.41) is 3.61. The third kappa shape index (κ3) is 6.23. The van der Waals surface area contributed by atoms with E-state index in [0.717, 1.165) is 19.5 Å². The molecule has 0 saturated carbocycles. The van der Waals surface area contributed by atoms with E-state index < -0.39 is 9.84 Å². The van der Waals surface area contributed by atoms with Gasteiger partial charge in [0, 0.05) is 38.0 Å². The van der Waals surface area contributed by atoms with E-state index in [-0.39, 0.29) is 5.75 Å². The number of nitrogens with one attached hydrogen (secondary N) is 1. The largest absolute Gasteiger partial charge is 0.311 e. The fourth-order valence-corrected chi connectivity index (χ4v) is 3.23. The predicted molar refractivity (Wildman–Crippen MR) is 81.2 cm³/mol. The summed E-state index contributed by atoms with van der Waals surface area (Å²) in [6.07, 6.45) is 2.45. The number of nitrogens with zero attached hydrogens (tertiary/aromatic N) is 1. The zero-order chi connectivity index (χ0) is 14.6. The van der Waals surface area contributed by atoms with E-state index in [0.29, 0.717) is 30.5 Å². The van der Waals surface area contributed by atoms with Crippen molar-refractivity contribution in [2.45, 2.75) is 46.2 Å². The van der Waals surface area contributed by atoms with Gasteiger partial charge in [-0.1, -0.05) is 27.7 Å². The van der Waals surface area contributed by atoms with Crippen LogP contribution in [0.1, 0.15) is 34.1 Å². The van der Waals surface area contributed by atoms with Crippen molar-refractivity contribution >= 4 is 9.84 Å². The molecule has 1 saturated heterocycles. The summed E-state index contributed by atoms with van der Waals surface area (Å²) in [4.78, 5) is 2.38. The zero-order valence-corrected chi connectivity index (χ0v) is 13.8. The highest BCUT2D eigenvalue weighted by atomic mass is 32.2. The molecule has 1 N–H and O–H groups in total. The molecular weight excluding hydrogens is 260 g/mol. The van der Waals surface area contributed by atoms with Crippen molar-refractivity contribution in [3.05, 3.63) is 0 Å². The van der Waals surface area contributed by atoms with Gasteiger partial charge >= 0.3 is 0 Å². The molecule has 19 heavy (non-hydrogen) atoms. The number of hydrogen-bond donors (Lipinski definition) is 1. The molecule has 1 aliphatic heterocycles. The maximum Gasteiger partial charge on any atom is 0.148 e. The molecule has 0 aliphatic carbocycles. The molecule has 1 aliphatic rings. The van der Waals surface area contributed by atoms with Gasteiger partial charge in [-0.3, -0.25) is 4.90 Å².